The van der Waals surface area contributed by atoms with Crippen molar-refractivity contribution in [1.82, 2.24) is 0 Å². The topological polar surface area (TPSA) is 61.5 Å². The number of rotatable bonds is 5. The van der Waals surface area contributed by atoms with Crippen LogP contribution in [0.15, 0.2) is 24.3 Å². The molecule has 0 saturated heterocycles. The highest BCUT2D eigenvalue weighted by atomic mass is 19.1. The molecule has 0 aliphatic rings. The van der Waals surface area contributed by atoms with Crippen molar-refractivity contribution in [2.75, 3.05) is 25.6 Å². The van der Waals surface area contributed by atoms with Crippen molar-refractivity contribution in [3.8, 4) is 5.75 Å². The highest BCUT2D eigenvalue weighted by Crippen LogP contribution is 2.14. The highest BCUT2D eigenvalue weighted by Gasteiger charge is 2.03. The van der Waals surface area contributed by atoms with Gasteiger partial charge in [-0.3, -0.25) is 0 Å². The highest BCUT2D eigenvalue weighted by molar-refractivity contribution is 5.71. The average Bonchev–Trinajstić information content (AvgIpc) is 2.23. The zero-order chi connectivity index (χ0) is 11.1. The van der Waals surface area contributed by atoms with Gasteiger partial charge in [-0.05, 0) is 12.1 Å². The SMILES string of the molecule is Nc1cccc(OCC(=O)OCCF)c1. The number of ether oxygens (including phenoxy) is 2. The summed E-state index contributed by atoms with van der Waals surface area (Å²) in [6.07, 6.45) is 0. The first-order valence-electron chi connectivity index (χ1n) is 4.42. The Morgan fingerprint density at radius 1 is 1.47 bits per heavy atom. The fraction of sp³-hybridized carbons (Fsp3) is 0.300. The molecule has 0 saturated carbocycles. The Hall–Kier alpha value is -1.78. The minimum absolute atomic E-state index is 0.237. The molecule has 1 aromatic rings. The third kappa shape index (κ3) is 4.30. The van der Waals surface area contributed by atoms with Crippen LogP contribution in [0.3, 0.4) is 0 Å². The van der Waals surface area contributed by atoms with Crippen LogP contribution in [-0.4, -0.2) is 25.9 Å². The molecule has 4 nitrogen and oxygen atoms in total. The van der Waals surface area contributed by atoms with Crippen LogP contribution >= 0.6 is 0 Å². The van der Waals surface area contributed by atoms with Crippen molar-refractivity contribution in [2.24, 2.45) is 0 Å². The molecule has 82 valence electrons. The van der Waals surface area contributed by atoms with E-state index in [1.807, 2.05) is 0 Å². The Bertz CT molecular complexity index is 330. The number of nitrogens with two attached hydrogens (primary N) is 1. The van der Waals surface area contributed by atoms with Crippen LogP contribution < -0.4 is 10.5 Å². The number of nitrogen functional groups attached to an aromatic ring is 1. The van der Waals surface area contributed by atoms with Gasteiger partial charge in [0.05, 0.1) is 0 Å². The summed E-state index contributed by atoms with van der Waals surface area (Å²) in [6.45, 7) is -1.17. The fourth-order valence-corrected chi connectivity index (χ4v) is 0.941. The molecule has 0 heterocycles. The summed E-state index contributed by atoms with van der Waals surface area (Å²) in [6, 6.07) is 6.66. The lowest BCUT2D eigenvalue weighted by Crippen LogP contribution is -2.16. The lowest BCUT2D eigenvalue weighted by molar-refractivity contribution is -0.146. The second-order valence-corrected chi connectivity index (χ2v) is 2.77. The zero-order valence-electron chi connectivity index (χ0n) is 8.11. The lowest BCUT2D eigenvalue weighted by Gasteiger charge is -2.06. The van der Waals surface area contributed by atoms with Gasteiger partial charge in [0.2, 0.25) is 0 Å². The van der Waals surface area contributed by atoms with E-state index in [9.17, 15) is 9.18 Å². The molecule has 0 fully saturated rings. The molecule has 5 heteroatoms. The van der Waals surface area contributed by atoms with Gasteiger partial charge in [-0.25, -0.2) is 9.18 Å². The maximum atomic E-state index is 11.6. The monoisotopic (exact) mass is 213 g/mol. The van der Waals surface area contributed by atoms with Crippen LogP contribution in [0.4, 0.5) is 10.1 Å². The summed E-state index contributed by atoms with van der Waals surface area (Å²) in [5, 5.41) is 0. The molecule has 1 aromatic carbocycles. The Labute approximate surface area is 86.8 Å². The Balaban J connectivity index is 2.33. The van der Waals surface area contributed by atoms with E-state index in [0.29, 0.717) is 11.4 Å². The van der Waals surface area contributed by atoms with E-state index in [2.05, 4.69) is 4.74 Å². The average molecular weight is 213 g/mol. The largest absolute Gasteiger partial charge is 0.482 e. The number of hydrogen-bond donors (Lipinski definition) is 1. The van der Waals surface area contributed by atoms with Gasteiger partial charge in [0.15, 0.2) is 6.61 Å². The number of carbonyl (C=O) groups is 1. The maximum Gasteiger partial charge on any atom is 0.344 e. The fourth-order valence-electron chi connectivity index (χ4n) is 0.941. The molecule has 1 rings (SSSR count). The van der Waals surface area contributed by atoms with E-state index in [1.54, 1.807) is 24.3 Å². The van der Waals surface area contributed by atoms with E-state index >= 15 is 0 Å². The third-order valence-corrected chi connectivity index (χ3v) is 1.55. The van der Waals surface area contributed by atoms with E-state index in [0.717, 1.165) is 0 Å². The lowest BCUT2D eigenvalue weighted by atomic mass is 10.3. The summed E-state index contributed by atoms with van der Waals surface area (Å²) in [4.78, 5) is 10.9. The number of carbonyl (C=O) groups excluding carboxylic acids is 1. The number of benzene rings is 1. The van der Waals surface area contributed by atoms with Gasteiger partial charge in [0, 0.05) is 11.8 Å². The molecule has 15 heavy (non-hydrogen) atoms. The van der Waals surface area contributed by atoms with Crippen LogP contribution in [0.5, 0.6) is 5.75 Å². The molecule has 0 aromatic heterocycles. The van der Waals surface area contributed by atoms with Crippen molar-refractivity contribution >= 4 is 11.7 Å². The minimum Gasteiger partial charge on any atom is -0.482 e. The summed E-state index contributed by atoms with van der Waals surface area (Å²) in [5.74, 6) is -0.123. The molecule has 0 atom stereocenters. The Morgan fingerprint density at radius 3 is 2.93 bits per heavy atom. The first-order valence-corrected chi connectivity index (χ1v) is 4.42. The molecule has 0 aliphatic heterocycles. The molecule has 0 bridgehead atoms. The van der Waals surface area contributed by atoms with Gasteiger partial charge >= 0.3 is 5.97 Å². The number of alkyl halides is 1. The van der Waals surface area contributed by atoms with E-state index in [-0.39, 0.29) is 13.2 Å². The van der Waals surface area contributed by atoms with E-state index in [1.165, 1.54) is 0 Å². The van der Waals surface area contributed by atoms with Crippen LogP contribution in [0.1, 0.15) is 0 Å². The molecule has 0 radical (unpaired) electrons. The van der Waals surface area contributed by atoms with Crippen LogP contribution in [-0.2, 0) is 9.53 Å². The molecular weight excluding hydrogens is 201 g/mol. The van der Waals surface area contributed by atoms with Gasteiger partial charge in [-0.2, -0.15) is 0 Å². The van der Waals surface area contributed by atoms with E-state index in [4.69, 9.17) is 10.5 Å². The molecule has 0 amide bonds. The first-order chi connectivity index (χ1) is 7.22. The van der Waals surface area contributed by atoms with E-state index < -0.39 is 12.6 Å². The van der Waals surface area contributed by atoms with Crippen molar-refractivity contribution in [1.29, 1.82) is 0 Å². The quantitative estimate of drug-likeness (QED) is 0.589. The number of anilines is 1. The number of hydrogen-bond acceptors (Lipinski definition) is 4. The van der Waals surface area contributed by atoms with Crippen molar-refractivity contribution in [2.45, 2.75) is 0 Å². The van der Waals surface area contributed by atoms with Crippen molar-refractivity contribution in [3.63, 3.8) is 0 Å². The molecule has 2 N–H and O–H groups in total. The van der Waals surface area contributed by atoms with Crippen LogP contribution in [0.25, 0.3) is 0 Å². The summed E-state index contributed by atoms with van der Waals surface area (Å²) in [5.41, 5.74) is 6.05. The van der Waals surface area contributed by atoms with Crippen molar-refractivity contribution < 1.29 is 18.7 Å². The molecular formula is C10H12FNO3. The van der Waals surface area contributed by atoms with Gasteiger partial charge in [-0.15, -0.1) is 0 Å². The van der Waals surface area contributed by atoms with Gasteiger partial charge in [0.1, 0.15) is 19.0 Å². The minimum atomic E-state index is -0.690. The number of halogens is 1. The second kappa shape index (κ2) is 5.85. The Kier molecular flexibility index (Phi) is 4.40. The molecule has 0 unspecified atom stereocenters. The van der Waals surface area contributed by atoms with Gasteiger partial charge in [0.25, 0.3) is 0 Å². The molecule has 0 aliphatic carbocycles. The first kappa shape index (κ1) is 11.3. The van der Waals surface area contributed by atoms with Crippen LogP contribution in [0, 0.1) is 0 Å². The predicted molar refractivity (Wildman–Crippen MR) is 53.3 cm³/mol. The van der Waals surface area contributed by atoms with Crippen LogP contribution in [0.2, 0.25) is 0 Å². The zero-order valence-corrected chi connectivity index (χ0v) is 8.11. The summed E-state index contributed by atoms with van der Waals surface area (Å²) < 4.78 is 21.2. The summed E-state index contributed by atoms with van der Waals surface area (Å²) in [7, 11) is 0. The predicted octanol–water partition coefficient (Wildman–Crippen LogP) is 1.16. The maximum absolute atomic E-state index is 11.6. The normalized spacial score (nSPS) is 9.67. The standard InChI is InChI=1S/C10H12FNO3/c11-4-5-14-10(13)7-15-9-3-1-2-8(12)6-9/h1-3,6H,4-5,7,12H2. The molecule has 0 spiro atoms. The summed E-state index contributed by atoms with van der Waals surface area (Å²) >= 11 is 0. The van der Waals surface area contributed by atoms with Gasteiger partial charge < -0.3 is 15.2 Å². The number of esters is 1. The smallest absolute Gasteiger partial charge is 0.344 e. The third-order valence-electron chi connectivity index (χ3n) is 1.55. The van der Waals surface area contributed by atoms with Crippen molar-refractivity contribution in [3.05, 3.63) is 24.3 Å². The van der Waals surface area contributed by atoms with Gasteiger partial charge in [-0.1, -0.05) is 6.07 Å². The Morgan fingerprint density at radius 2 is 2.27 bits per heavy atom. The second-order valence-electron chi connectivity index (χ2n) is 2.77.